The highest BCUT2D eigenvalue weighted by atomic mass is 79.9. The highest BCUT2D eigenvalue weighted by molar-refractivity contribution is 9.10. The molecule has 186 valence electrons. The summed E-state index contributed by atoms with van der Waals surface area (Å²) in [5, 5.41) is 1.87. The average Bonchev–Trinajstić information content (AvgIpc) is 2.82. The van der Waals surface area contributed by atoms with E-state index in [0.29, 0.717) is 27.9 Å². The number of rotatable bonds is 3. The van der Waals surface area contributed by atoms with Crippen molar-refractivity contribution < 1.29 is 30.7 Å². The van der Waals surface area contributed by atoms with Crippen LogP contribution in [0.3, 0.4) is 0 Å². The number of aryl methyl sites for hydroxylation is 1. The number of halogens is 1. The molecule has 3 aliphatic rings. The van der Waals surface area contributed by atoms with Gasteiger partial charge < -0.3 is 4.74 Å². The number of hydrogen-bond acceptors (Lipinski definition) is 5. The second kappa shape index (κ2) is 8.22. The fourth-order valence-corrected chi connectivity index (χ4v) is 7.21. The Hall–Kier alpha value is -2.57. The van der Waals surface area contributed by atoms with Crippen LogP contribution in [-0.4, -0.2) is 39.0 Å². The van der Waals surface area contributed by atoms with Gasteiger partial charge in [-0.15, -0.1) is 0 Å². The monoisotopic (exact) mass is 590 g/mol. The Balaban J connectivity index is 1.81. The topological polar surface area (TPSA) is 121 Å². The summed E-state index contributed by atoms with van der Waals surface area (Å²) < 4.78 is 77.7. The highest BCUT2D eigenvalue weighted by Gasteiger charge is 2.33. The molecule has 6 rings (SSSR count). The van der Waals surface area contributed by atoms with Crippen molar-refractivity contribution in [3.8, 4) is 11.5 Å². The molecule has 36 heavy (non-hydrogen) atoms. The minimum Gasteiger partial charge on any atom is -0.456 e. The molecule has 0 saturated heterocycles. The molecule has 8 nitrogen and oxygen atoms in total. The molecule has 0 atom stereocenters. The fraction of sp³-hybridized carbons (Fsp3) is 0.240. The van der Waals surface area contributed by atoms with E-state index in [1.807, 2.05) is 12.1 Å². The minimum atomic E-state index is -4.87. The van der Waals surface area contributed by atoms with E-state index in [-0.39, 0.29) is 5.56 Å². The molecule has 0 radical (unpaired) electrons. The third kappa shape index (κ3) is 3.81. The molecule has 0 spiro atoms. The van der Waals surface area contributed by atoms with E-state index in [9.17, 15) is 25.9 Å². The maximum Gasteiger partial charge on any atom is 0.295 e. The van der Waals surface area contributed by atoms with Gasteiger partial charge in [0.1, 0.15) is 29.5 Å². The van der Waals surface area contributed by atoms with Gasteiger partial charge in [0.2, 0.25) is 5.36 Å². The highest BCUT2D eigenvalue weighted by Crippen LogP contribution is 2.41. The van der Waals surface area contributed by atoms with Crippen molar-refractivity contribution in [1.82, 2.24) is 4.58 Å². The zero-order valence-electron chi connectivity index (χ0n) is 18.9. The van der Waals surface area contributed by atoms with Gasteiger partial charge in [0.15, 0.2) is 0 Å². The van der Waals surface area contributed by atoms with Crippen LogP contribution >= 0.6 is 15.9 Å². The maximum atomic E-state index is 12.5. The summed E-state index contributed by atoms with van der Waals surface area (Å²) in [6.07, 6.45) is 3.66. The zero-order chi connectivity index (χ0) is 25.4. The molecule has 3 heterocycles. The number of ether oxygens (including phenoxy) is 1. The zero-order valence-corrected chi connectivity index (χ0v) is 22.1. The summed E-state index contributed by atoms with van der Waals surface area (Å²) >= 11 is 3.48. The van der Waals surface area contributed by atoms with Crippen molar-refractivity contribution in [2.45, 2.75) is 35.5 Å². The van der Waals surface area contributed by atoms with E-state index in [2.05, 4.69) is 20.5 Å². The second-order valence-electron chi connectivity index (χ2n) is 9.16. The van der Waals surface area contributed by atoms with Crippen molar-refractivity contribution in [3.05, 3.63) is 79.8 Å². The molecule has 0 aliphatic carbocycles. The molecule has 0 amide bonds. The molecule has 3 aromatic carbocycles. The van der Waals surface area contributed by atoms with Crippen molar-refractivity contribution in [2.24, 2.45) is 0 Å². The number of nitrogens with zero attached hydrogens (tertiary/aromatic N) is 1. The predicted octanol–water partition coefficient (Wildman–Crippen LogP) is 2.68. The summed E-state index contributed by atoms with van der Waals surface area (Å²) in [4.78, 5) is -1.24. The lowest BCUT2D eigenvalue weighted by molar-refractivity contribution is 0.437. The van der Waals surface area contributed by atoms with Crippen molar-refractivity contribution >= 4 is 41.7 Å². The van der Waals surface area contributed by atoms with Crippen LogP contribution in [-0.2, 0) is 33.1 Å². The van der Waals surface area contributed by atoms with Crippen molar-refractivity contribution in [1.29, 1.82) is 0 Å². The lowest BCUT2D eigenvalue weighted by atomic mass is 9.87. The van der Waals surface area contributed by atoms with Crippen LogP contribution < -0.4 is 19.9 Å². The minimum absolute atomic E-state index is 0.115. The average molecular weight is 591 g/mol. The first-order chi connectivity index (χ1) is 17.0. The van der Waals surface area contributed by atoms with Gasteiger partial charge >= 0.3 is 0 Å². The normalized spacial score (nSPS) is 16.6. The maximum absolute atomic E-state index is 12.5. The molecule has 0 unspecified atom stereocenters. The molecular formula is C25H21BrNO7S2+. The van der Waals surface area contributed by atoms with Gasteiger partial charge in [-0.2, -0.15) is 16.8 Å². The van der Waals surface area contributed by atoms with Crippen LogP contribution in [0.25, 0.3) is 5.57 Å². The van der Waals surface area contributed by atoms with Gasteiger partial charge in [0, 0.05) is 44.8 Å². The third-order valence-corrected chi connectivity index (χ3v) is 9.20. The molecule has 0 bridgehead atoms. The van der Waals surface area contributed by atoms with Crippen molar-refractivity contribution in [3.63, 3.8) is 0 Å². The van der Waals surface area contributed by atoms with E-state index >= 15 is 0 Å². The van der Waals surface area contributed by atoms with E-state index in [1.54, 1.807) is 12.1 Å². The lowest BCUT2D eigenvalue weighted by Gasteiger charge is -2.27. The Morgan fingerprint density at radius 2 is 1.61 bits per heavy atom. The molecule has 0 saturated carbocycles. The first-order valence-corrected chi connectivity index (χ1v) is 15.1. The summed E-state index contributed by atoms with van der Waals surface area (Å²) in [6.45, 7) is 1.95. The number of hydrogen-bond donors (Lipinski definition) is 2. The fourth-order valence-electron chi connectivity index (χ4n) is 5.55. The van der Waals surface area contributed by atoms with Crippen LogP contribution in [0.15, 0.2) is 56.7 Å². The first kappa shape index (κ1) is 23.8. The molecule has 0 fully saturated rings. The first-order valence-electron chi connectivity index (χ1n) is 11.4. The second-order valence-corrected chi connectivity index (χ2v) is 12.9. The summed E-state index contributed by atoms with van der Waals surface area (Å²) in [7, 11) is -9.57. The van der Waals surface area contributed by atoms with Gasteiger partial charge in [0.25, 0.3) is 20.2 Å². The Bertz CT molecular complexity index is 1830. The summed E-state index contributed by atoms with van der Waals surface area (Å²) in [5.74, 6) is 1.16. The lowest BCUT2D eigenvalue weighted by Crippen LogP contribution is -2.45. The quantitative estimate of drug-likeness (QED) is 0.278. The molecular weight excluding hydrogens is 570 g/mol. The smallest absolute Gasteiger partial charge is 0.295 e. The summed E-state index contributed by atoms with van der Waals surface area (Å²) in [6, 6.07) is 10.6. The Labute approximate surface area is 216 Å². The summed E-state index contributed by atoms with van der Waals surface area (Å²) in [5.41, 5.74) is 3.44. The SMILES string of the molecule is O=S(=O)(O)c1ccc(C2=c3cc4c5c(c3Oc3ccc(Br)cc32)CCC[N+]=5CCC4)c(S(=O)(=O)O)c1. The molecule has 2 N–H and O–H groups in total. The largest absolute Gasteiger partial charge is 0.456 e. The van der Waals surface area contributed by atoms with Crippen molar-refractivity contribution in [2.75, 3.05) is 13.1 Å². The van der Waals surface area contributed by atoms with Gasteiger partial charge in [0.05, 0.1) is 10.5 Å². The Morgan fingerprint density at radius 3 is 2.33 bits per heavy atom. The Morgan fingerprint density at radius 1 is 0.861 bits per heavy atom. The predicted molar refractivity (Wildman–Crippen MR) is 135 cm³/mol. The van der Waals surface area contributed by atoms with Gasteiger partial charge in [-0.05, 0) is 49.2 Å². The van der Waals surface area contributed by atoms with Crippen LogP contribution in [0.4, 0.5) is 0 Å². The van der Waals surface area contributed by atoms with Crippen LogP contribution in [0.5, 0.6) is 11.5 Å². The van der Waals surface area contributed by atoms with Crippen LogP contribution in [0.2, 0.25) is 0 Å². The van der Waals surface area contributed by atoms with Gasteiger partial charge in [-0.1, -0.05) is 22.0 Å². The van der Waals surface area contributed by atoms with Crippen LogP contribution in [0.1, 0.15) is 35.1 Å². The standard InChI is InChI=1S/C25H20BrNO7S2/c26-15-5-8-21-19(12-15)23(17-7-6-16(35(28,29)30)13-22(17)36(31,32)33)20-11-14-3-1-9-27-10-2-4-18(24(14)27)25(20)34-21/h5-8,11-13H,1-4,9-10H2,(H-,28,29,30,31,32,33)/p+1. The van der Waals surface area contributed by atoms with E-state index in [1.165, 1.54) is 11.4 Å². The third-order valence-electron chi connectivity index (χ3n) is 6.96. The Kier molecular flexibility index (Phi) is 5.44. The number of fused-ring (bicyclic) bond motifs is 3. The van der Waals surface area contributed by atoms with E-state index < -0.39 is 30.0 Å². The number of benzene rings is 3. The van der Waals surface area contributed by atoms with E-state index in [4.69, 9.17) is 4.74 Å². The van der Waals surface area contributed by atoms with Crippen LogP contribution in [0, 0.1) is 0 Å². The van der Waals surface area contributed by atoms with E-state index in [0.717, 1.165) is 66.5 Å². The molecule has 3 aliphatic heterocycles. The molecule has 3 aromatic rings. The molecule has 11 heteroatoms. The van der Waals surface area contributed by atoms with Gasteiger partial charge in [-0.3, -0.25) is 9.11 Å². The molecule has 0 aromatic heterocycles. The van der Waals surface area contributed by atoms with Gasteiger partial charge in [-0.25, -0.2) is 4.58 Å².